The molecule has 0 heterocycles. The highest BCUT2D eigenvalue weighted by Gasteiger charge is 2.49. The normalized spacial score (nSPS) is 9.41. The Hall–Kier alpha value is -2.05. The minimum Gasteiger partial charge on any atom is -0.550 e. The molecule has 120 valence electrons. The molecule has 0 aromatic rings. The molecular weight excluding hydrogens is 315 g/mol. The van der Waals surface area contributed by atoms with Crippen molar-refractivity contribution >= 4 is 50.4 Å². The zero-order valence-electron chi connectivity index (χ0n) is 12.4. The van der Waals surface area contributed by atoms with Crippen LogP contribution in [-0.4, -0.2) is 50.4 Å². The van der Waals surface area contributed by atoms with Gasteiger partial charge in [-0.25, -0.2) is 0 Å². The lowest BCUT2D eigenvalue weighted by molar-refractivity contribution is -0.148. The lowest BCUT2D eigenvalue weighted by atomic mass is 10.3. The van der Waals surface area contributed by atoms with Crippen molar-refractivity contribution in [1.29, 1.82) is 0 Å². The number of rotatable bonds is 9. The highest BCUT2D eigenvalue weighted by atomic mass is 27.3. The Morgan fingerprint density at radius 1 is 0.591 bits per heavy atom. The Morgan fingerprint density at radius 2 is 0.818 bits per heavy atom. The molecule has 0 saturated carbocycles. The number of hydrogen-bond donors (Lipinski definition) is 0. The number of hydrogen-bond acceptors (Lipinski definition) is 9. The summed E-state index contributed by atoms with van der Waals surface area (Å²) in [4.78, 5) is 66.4. The van der Waals surface area contributed by atoms with Gasteiger partial charge in [0.05, 0.1) is 0 Å². The standard InChI is InChI=1S/3C4H6O3.Al/c3*1-3(5)2-4(6)7;/h3*2H2,1H3,(H,6,7);/q;;;+3/p-3. The van der Waals surface area contributed by atoms with Crippen molar-refractivity contribution in [3.05, 3.63) is 0 Å². The number of ketones is 3. The van der Waals surface area contributed by atoms with E-state index in [1.54, 1.807) is 0 Å². The van der Waals surface area contributed by atoms with Crippen LogP contribution in [0.1, 0.15) is 40.0 Å². The van der Waals surface area contributed by atoms with Crippen LogP contribution in [0.15, 0.2) is 0 Å². The fraction of sp³-hybridized carbons (Fsp3) is 0.500. The first-order valence-electron chi connectivity index (χ1n) is 6.17. The third-order valence-electron chi connectivity index (χ3n) is 1.86. The summed E-state index contributed by atoms with van der Waals surface area (Å²) in [7, 11) is 0. The maximum atomic E-state index is 11.3. The Labute approximate surface area is 131 Å². The van der Waals surface area contributed by atoms with Crippen LogP contribution in [0.3, 0.4) is 0 Å². The lowest BCUT2D eigenvalue weighted by Crippen LogP contribution is -2.36. The van der Waals surface area contributed by atoms with Crippen molar-refractivity contribution in [2.45, 2.75) is 40.0 Å². The minimum absolute atomic E-state index is 0.497. The molecule has 0 N–H and O–H groups in total. The van der Waals surface area contributed by atoms with E-state index in [4.69, 9.17) is 0 Å². The summed E-state index contributed by atoms with van der Waals surface area (Å²) in [6.45, 7) is 3.42. The van der Waals surface area contributed by atoms with Crippen molar-refractivity contribution in [3.8, 4) is 0 Å². The molecule has 0 aliphatic rings. The second kappa shape index (κ2) is 9.81. The molecule has 0 bridgehead atoms. The zero-order valence-corrected chi connectivity index (χ0v) is 13.5. The van der Waals surface area contributed by atoms with Crippen LogP contribution in [0, 0.1) is 0 Å². The molecule has 0 unspecified atom stereocenters. The quantitative estimate of drug-likeness (QED) is 0.407. The molecule has 0 aliphatic heterocycles. The van der Waals surface area contributed by atoms with Gasteiger partial charge in [0.15, 0.2) is 0 Å². The predicted molar refractivity (Wildman–Crippen MR) is 69.9 cm³/mol. The van der Waals surface area contributed by atoms with Gasteiger partial charge in [0.25, 0.3) is 17.9 Å². The maximum Gasteiger partial charge on any atom is 1.20 e. The molecule has 0 aliphatic carbocycles. The van der Waals surface area contributed by atoms with Gasteiger partial charge in [-0.15, -0.1) is 0 Å². The third-order valence-corrected chi connectivity index (χ3v) is 3.23. The van der Waals surface area contributed by atoms with E-state index in [0.717, 1.165) is 20.8 Å². The lowest BCUT2D eigenvalue weighted by Gasteiger charge is -2.12. The molecule has 0 atom stereocenters. The summed E-state index contributed by atoms with van der Waals surface area (Å²) < 4.78 is 13.9. The van der Waals surface area contributed by atoms with Gasteiger partial charge >= 0.3 is 15.1 Å². The second-order valence-corrected chi connectivity index (χ2v) is 5.68. The van der Waals surface area contributed by atoms with Crippen LogP contribution in [0.4, 0.5) is 0 Å². The van der Waals surface area contributed by atoms with E-state index in [-0.39, 0.29) is 0 Å². The highest BCUT2D eigenvalue weighted by Crippen LogP contribution is 2.02. The molecule has 10 heteroatoms. The Morgan fingerprint density at radius 3 is 1.00 bits per heavy atom. The maximum absolute atomic E-state index is 11.3. The minimum atomic E-state index is -3.59. The predicted octanol–water partition coefficient (Wildman–Crippen LogP) is -0.462. The van der Waals surface area contributed by atoms with Crippen molar-refractivity contribution in [1.82, 2.24) is 0 Å². The summed E-state index contributed by atoms with van der Waals surface area (Å²) in [5.74, 6) is -4.59. The van der Waals surface area contributed by atoms with Crippen LogP contribution < -0.4 is 0 Å². The molecule has 9 nitrogen and oxygen atoms in total. The molecule has 0 saturated heterocycles. The summed E-state index contributed by atoms with van der Waals surface area (Å²) in [5.41, 5.74) is 0. The van der Waals surface area contributed by atoms with Crippen molar-refractivity contribution in [2.75, 3.05) is 0 Å². The van der Waals surface area contributed by atoms with E-state index < -0.39 is 69.7 Å². The first kappa shape index (κ1) is 20.0. The third kappa shape index (κ3) is 10.7. The molecule has 0 aromatic heterocycles. The summed E-state index contributed by atoms with van der Waals surface area (Å²) in [6.07, 6.45) is -1.76. The average molecular weight is 330 g/mol. The van der Waals surface area contributed by atoms with Gasteiger partial charge < -0.3 is 11.4 Å². The van der Waals surface area contributed by atoms with Crippen LogP contribution >= 0.6 is 0 Å². The van der Waals surface area contributed by atoms with E-state index >= 15 is 0 Å². The molecule has 0 fully saturated rings. The van der Waals surface area contributed by atoms with Crippen LogP contribution in [0.5, 0.6) is 0 Å². The number of carbonyl (C=O) groups is 6. The average Bonchev–Trinajstić information content (AvgIpc) is 2.23. The van der Waals surface area contributed by atoms with Crippen LogP contribution in [0.25, 0.3) is 0 Å². The van der Waals surface area contributed by atoms with E-state index in [1.807, 2.05) is 0 Å². The first-order valence-corrected chi connectivity index (χ1v) is 7.58. The Balaban J connectivity index is 4.74. The summed E-state index contributed by atoms with van der Waals surface area (Å²) in [5, 5.41) is 0. The van der Waals surface area contributed by atoms with E-state index in [2.05, 4.69) is 11.4 Å². The second-order valence-electron chi connectivity index (χ2n) is 4.39. The fourth-order valence-corrected chi connectivity index (χ4v) is 2.17. The van der Waals surface area contributed by atoms with Crippen LogP contribution in [-0.2, 0) is 40.1 Å². The van der Waals surface area contributed by atoms with Crippen molar-refractivity contribution < 1.29 is 40.1 Å². The van der Waals surface area contributed by atoms with E-state index in [0.29, 0.717) is 0 Å². The smallest absolute Gasteiger partial charge is 0.550 e. The van der Waals surface area contributed by atoms with Gasteiger partial charge in [-0.1, -0.05) is 0 Å². The number of carbonyl (C=O) groups excluding carboxylic acids is 6. The molecule has 0 radical (unpaired) electrons. The number of Topliss-reactive ketones (excluding diaryl/α,β-unsaturated/α-hetero) is 3. The SMILES string of the molecule is CC(=O)CC(=O)[O][Al]([O]C(=O)CC(C)=O)[O]C(=O)CC(C)=O. The molecule has 0 aromatic carbocycles. The van der Waals surface area contributed by atoms with Gasteiger partial charge in [0, 0.05) is 0 Å². The Kier molecular flexibility index (Phi) is 8.90. The molecule has 22 heavy (non-hydrogen) atoms. The monoisotopic (exact) mass is 330 g/mol. The molecular formula is C12H15AlO9. The first-order chi connectivity index (χ1) is 10.1. The molecule has 0 amide bonds. The summed E-state index contributed by atoms with van der Waals surface area (Å²) >= 11 is -3.59. The Bertz CT molecular complexity index is 426. The largest absolute Gasteiger partial charge is 1.20 e. The summed E-state index contributed by atoms with van der Waals surface area (Å²) in [6, 6.07) is 0. The van der Waals surface area contributed by atoms with Gasteiger partial charge in [-0.3, -0.25) is 28.8 Å². The van der Waals surface area contributed by atoms with Gasteiger partial charge in [0.2, 0.25) is 0 Å². The molecule has 0 rings (SSSR count). The topological polar surface area (TPSA) is 130 Å². The molecule has 0 spiro atoms. The zero-order chi connectivity index (χ0) is 17.3. The van der Waals surface area contributed by atoms with Gasteiger partial charge in [0.1, 0.15) is 36.6 Å². The highest BCUT2D eigenvalue weighted by molar-refractivity contribution is 6.44. The van der Waals surface area contributed by atoms with Gasteiger partial charge in [-0.2, -0.15) is 0 Å². The van der Waals surface area contributed by atoms with Crippen LogP contribution in [0.2, 0.25) is 0 Å². The van der Waals surface area contributed by atoms with Crippen molar-refractivity contribution in [2.24, 2.45) is 0 Å². The van der Waals surface area contributed by atoms with Gasteiger partial charge in [-0.05, 0) is 20.8 Å². The van der Waals surface area contributed by atoms with E-state index in [9.17, 15) is 28.8 Å². The van der Waals surface area contributed by atoms with E-state index in [1.165, 1.54) is 0 Å². The van der Waals surface area contributed by atoms with Crippen molar-refractivity contribution in [3.63, 3.8) is 0 Å². The fourth-order valence-electron chi connectivity index (χ4n) is 1.13.